The summed E-state index contributed by atoms with van der Waals surface area (Å²) in [6.07, 6.45) is -4.33. The summed E-state index contributed by atoms with van der Waals surface area (Å²) in [5, 5.41) is 34.6. The van der Waals surface area contributed by atoms with Crippen molar-refractivity contribution in [2.75, 3.05) is 6.61 Å². The zero-order valence-electron chi connectivity index (χ0n) is 16.7. The molecule has 6 nitrogen and oxygen atoms in total. The summed E-state index contributed by atoms with van der Waals surface area (Å²) in [7, 11) is 0. The molecule has 3 N–H and O–H groups in total. The molecular formula is C23H20Cl2N2O4S. The van der Waals surface area contributed by atoms with Crippen LogP contribution in [0.15, 0.2) is 64.6 Å². The summed E-state index contributed by atoms with van der Waals surface area (Å²) in [4.78, 5) is 8.53. The molecule has 0 aliphatic carbocycles. The Bertz CT molecular complexity index is 1230. The fraction of sp³-hybridized carbons (Fsp3) is 0.304. The van der Waals surface area contributed by atoms with Crippen LogP contribution in [0.1, 0.15) is 5.56 Å². The molecule has 0 radical (unpaired) electrons. The van der Waals surface area contributed by atoms with Gasteiger partial charge in [-0.2, -0.15) is 0 Å². The van der Waals surface area contributed by atoms with Crippen molar-refractivity contribution in [3.05, 3.63) is 80.9 Å². The van der Waals surface area contributed by atoms with Gasteiger partial charge in [-0.3, -0.25) is 0 Å². The molecule has 32 heavy (non-hydrogen) atoms. The van der Waals surface area contributed by atoms with Gasteiger partial charge in [-0.1, -0.05) is 53.5 Å². The van der Waals surface area contributed by atoms with E-state index in [0.29, 0.717) is 26.5 Å². The van der Waals surface area contributed by atoms with Gasteiger partial charge in [0, 0.05) is 5.75 Å². The molecule has 3 aromatic rings. The number of nitrogens with zero attached hydrogens (tertiary/aromatic N) is 2. The van der Waals surface area contributed by atoms with E-state index in [1.54, 1.807) is 12.1 Å². The van der Waals surface area contributed by atoms with Gasteiger partial charge in [0.25, 0.3) is 0 Å². The lowest BCUT2D eigenvalue weighted by atomic mass is 10.1. The number of fused-ring (bicyclic) bond motifs is 2. The topological polar surface area (TPSA) is 94.6 Å². The molecule has 5 rings (SSSR count). The van der Waals surface area contributed by atoms with E-state index in [1.165, 1.54) is 11.8 Å². The number of halogens is 2. The van der Waals surface area contributed by atoms with Crippen molar-refractivity contribution in [3.8, 4) is 0 Å². The predicted octanol–water partition coefficient (Wildman–Crippen LogP) is 2.47. The van der Waals surface area contributed by atoms with Gasteiger partial charge in [0.05, 0.1) is 27.4 Å². The van der Waals surface area contributed by atoms with E-state index in [4.69, 9.17) is 37.9 Å². The number of hydrogen-bond donors (Lipinski definition) is 3. The van der Waals surface area contributed by atoms with Crippen molar-refractivity contribution in [1.82, 2.24) is 0 Å². The van der Waals surface area contributed by atoms with Gasteiger partial charge >= 0.3 is 0 Å². The van der Waals surface area contributed by atoms with Crippen molar-refractivity contribution in [2.24, 2.45) is 9.98 Å². The van der Waals surface area contributed by atoms with Crippen molar-refractivity contribution in [1.29, 1.82) is 0 Å². The molecule has 2 heterocycles. The maximum atomic E-state index is 10.8. The van der Waals surface area contributed by atoms with Crippen LogP contribution in [0, 0.1) is 0 Å². The van der Waals surface area contributed by atoms with Gasteiger partial charge in [0.1, 0.15) is 24.4 Å². The third-order valence-corrected chi connectivity index (χ3v) is 7.78. The molecule has 0 amide bonds. The molecule has 1 saturated heterocycles. The quantitative estimate of drug-likeness (QED) is 0.510. The Hall–Kier alpha value is -1.71. The summed E-state index contributed by atoms with van der Waals surface area (Å²) in [5.41, 5.74) is 1.06. The molecule has 0 spiro atoms. The molecule has 1 fully saturated rings. The molecule has 4 atom stereocenters. The van der Waals surface area contributed by atoms with Crippen LogP contribution in [0.3, 0.4) is 0 Å². The normalized spacial score (nSPS) is 26.0. The highest BCUT2D eigenvalue weighted by molar-refractivity contribution is 7.99. The number of aliphatic hydroxyl groups excluding tert-OH is 3. The molecule has 0 bridgehead atoms. The van der Waals surface area contributed by atoms with E-state index < -0.39 is 36.0 Å². The van der Waals surface area contributed by atoms with Crippen molar-refractivity contribution in [3.63, 3.8) is 0 Å². The van der Waals surface area contributed by atoms with Crippen LogP contribution in [-0.2, 0) is 10.5 Å². The standard InChI is InChI=1S/C23H20Cl2N2O4S/c24-15-6-13-8-17-18(9-14(13)7-16(15)25)27-23(26-17,32-11-12-4-2-1-3-5-12)22-21(30)20(29)19(10-28)31-22/h1-9,19-22,28-30H,10-11H2. The van der Waals surface area contributed by atoms with E-state index >= 15 is 0 Å². The van der Waals surface area contributed by atoms with E-state index in [9.17, 15) is 15.3 Å². The zero-order chi connectivity index (χ0) is 22.5. The number of rotatable bonds is 5. The molecule has 3 aromatic carbocycles. The van der Waals surface area contributed by atoms with Crippen molar-refractivity contribution < 1.29 is 20.1 Å². The molecule has 0 saturated carbocycles. The van der Waals surface area contributed by atoms with Gasteiger partial charge in [0.15, 0.2) is 0 Å². The van der Waals surface area contributed by atoms with Crippen LogP contribution in [0.2, 0.25) is 10.0 Å². The predicted molar refractivity (Wildman–Crippen MR) is 125 cm³/mol. The first-order valence-electron chi connectivity index (χ1n) is 10.1. The second-order valence-electron chi connectivity index (χ2n) is 7.87. The average molecular weight is 491 g/mol. The highest BCUT2D eigenvalue weighted by Crippen LogP contribution is 2.42. The minimum absolute atomic E-state index is 0.415. The first kappa shape index (κ1) is 22.1. The third kappa shape index (κ3) is 3.82. The fourth-order valence-corrected chi connectivity index (χ4v) is 5.67. The average Bonchev–Trinajstić information content (AvgIpc) is 3.30. The molecule has 166 valence electrons. The van der Waals surface area contributed by atoms with Crippen LogP contribution >= 0.6 is 35.0 Å². The highest BCUT2D eigenvalue weighted by Gasteiger charge is 2.55. The summed E-state index contributed by atoms with van der Waals surface area (Å²) in [6, 6.07) is 17.1. The number of thioether (sulfide) groups is 1. The van der Waals surface area contributed by atoms with E-state index in [2.05, 4.69) is 0 Å². The maximum Gasteiger partial charge on any atom is 0.227 e. The number of benzene rings is 3. The fourth-order valence-electron chi connectivity index (χ4n) is 4.07. The second kappa shape index (κ2) is 8.57. The Morgan fingerprint density at radius 3 is 2.03 bits per heavy atom. The van der Waals surface area contributed by atoms with Crippen LogP contribution in [0.4, 0.5) is 0 Å². The Morgan fingerprint density at radius 2 is 1.50 bits per heavy atom. The Labute approximate surface area is 198 Å². The molecule has 2 aliphatic heterocycles. The monoisotopic (exact) mass is 490 g/mol. The number of aliphatic hydroxyl groups is 3. The molecular weight excluding hydrogens is 471 g/mol. The lowest BCUT2D eigenvalue weighted by Gasteiger charge is -2.30. The molecule has 4 unspecified atom stereocenters. The number of ether oxygens (including phenoxy) is 1. The largest absolute Gasteiger partial charge is 0.394 e. The minimum Gasteiger partial charge on any atom is -0.394 e. The zero-order valence-corrected chi connectivity index (χ0v) is 19.1. The van der Waals surface area contributed by atoms with Crippen LogP contribution in [0.25, 0.3) is 10.8 Å². The lowest BCUT2D eigenvalue weighted by molar-refractivity contribution is -0.0331. The Morgan fingerprint density at radius 1 is 0.906 bits per heavy atom. The Balaban J connectivity index is 1.62. The van der Waals surface area contributed by atoms with Gasteiger partial charge in [0.2, 0.25) is 4.99 Å². The summed E-state index contributed by atoms with van der Waals surface area (Å²) in [5.74, 6) is 0.561. The Kier molecular flexibility index (Phi) is 5.92. The molecule has 0 aromatic heterocycles. The third-order valence-electron chi connectivity index (χ3n) is 5.74. The minimum atomic E-state index is -1.25. The van der Waals surface area contributed by atoms with Gasteiger partial charge in [-0.05, 0) is 40.6 Å². The van der Waals surface area contributed by atoms with Gasteiger partial charge < -0.3 is 20.1 Å². The molecule has 2 aliphatic rings. The van der Waals surface area contributed by atoms with Crippen molar-refractivity contribution in [2.45, 2.75) is 35.2 Å². The SMILES string of the molecule is OCC1OC(C2(SCc3ccccc3)N=c3cc4cc(Cl)c(Cl)cc4cc3=N2)C(O)C1O. The second-order valence-corrected chi connectivity index (χ2v) is 9.86. The smallest absolute Gasteiger partial charge is 0.227 e. The van der Waals surface area contributed by atoms with Crippen LogP contribution < -0.4 is 10.7 Å². The first-order valence-corrected chi connectivity index (χ1v) is 11.8. The van der Waals surface area contributed by atoms with Crippen LogP contribution in [0.5, 0.6) is 0 Å². The van der Waals surface area contributed by atoms with Crippen LogP contribution in [-0.4, -0.2) is 51.3 Å². The summed E-state index contributed by atoms with van der Waals surface area (Å²) >= 11 is 13.8. The van der Waals surface area contributed by atoms with Gasteiger partial charge in [-0.15, -0.1) is 11.8 Å². The van der Waals surface area contributed by atoms with E-state index in [1.807, 2.05) is 42.5 Å². The summed E-state index contributed by atoms with van der Waals surface area (Å²) < 4.78 is 5.88. The van der Waals surface area contributed by atoms with E-state index in [-0.39, 0.29) is 0 Å². The van der Waals surface area contributed by atoms with Gasteiger partial charge in [-0.25, -0.2) is 9.98 Å². The van der Waals surface area contributed by atoms with E-state index in [0.717, 1.165) is 16.3 Å². The maximum absolute atomic E-state index is 10.8. The lowest BCUT2D eigenvalue weighted by Crippen LogP contribution is -2.44. The first-order chi connectivity index (χ1) is 15.4. The summed E-state index contributed by atoms with van der Waals surface area (Å²) in [6.45, 7) is -0.415. The number of hydrogen-bond acceptors (Lipinski definition) is 7. The highest BCUT2D eigenvalue weighted by atomic mass is 35.5. The molecule has 9 heteroatoms. The van der Waals surface area contributed by atoms with Crippen molar-refractivity contribution >= 4 is 45.7 Å².